The smallest absolute Gasteiger partial charge is 0.00203 e. The fourth-order valence-corrected chi connectivity index (χ4v) is 2.61. The Kier molecular flexibility index (Phi) is 2.28. The number of aryl methyl sites for hydroxylation is 3. The van der Waals surface area contributed by atoms with Crippen molar-refractivity contribution in [2.24, 2.45) is 0 Å². The quantitative estimate of drug-likeness (QED) is 0.619. The summed E-state index contributed by atoms with van der Waals surface area (Å²) < 4.78 is 0. The van der Waals surface area contributed by atoms with Crippen molar-refractivity contribution in [2.45, 2.75) is 26.2 Å². The molecule has 0 radical (unpaired) electrons. The van der Waals surface area contributed by atoms with Gasteiger partial charge in [-0.25, -0.2) is 0 Å². The van der Waals surface area contributed by atoms with E-state index in [0.717, 1.165) is 6.42 Å². The largest absolute Gasteiger partial charge is 0.0620 e. The monoisotopic (exact) mass is 208 g/mol. The van der Waals surface area contributed by atoms with Gasteiger partial charge in [-0.3, -0.25) is 0 Å². The first-order valence-electron chi connectivity index (χ1n) is 5.98. The molecule has 0 fully saturated rings. The molecule has 1 aliphatic rings. The van der Waals surface area contributed by atoms with E-state index in [1.54, 1.807) is 0 Å². The van der Waals surface area contributed by atoms with Crippen molar-refractivity contribution in [3.8, 4) is 0 Å². The number of hydrogen-bond donors (Lipinski definition) is 0. The van der Waals surface area contributed by atoms with Gasteiger partial charge in [0.05, 0.1) is 0 Å². The van der Waals surface area contributed by atoms with E-state index >= 15 is 0 Å². The number of fused-ring (bicyclic) bond motifs is 2. The van der Waals surface area contributed by atoms with Crippen LogP contribution in [0.4, 0.5) is 0 Å². The lowest BCUT2D eigenvalue weighted by molar-refractivity contribution is 0.963. The van der Waals surface area contributed by atoms with Gasteiger partial charge in [0.15, 0.2) is 0 Å². The van der Waals surface area contributed by atoms with Crippen LogP contribution in [0.3, 0.4) is 0 Å². The Morgan fingerprint density at radius 3 is 2.31 bits per heavy atom. The Morgan fingerprint density at radius 2 is 1.44 bits per heavy atom. The lowest BCUT2D eigenvalue weighted by atomic mass is 9.99. The van der Waals surface area contributed by atoms with Crippen molar-refractivity contribution in [3.63, 3.8) is 0 Å². The standard InChI is InChI=1S/C16H16/c1-12-6-7-16-11-14-5-3-2-4-13(14)8-9-15(16)10-12/h2-7,10H,8-9,11H2,1H3. The summed E-state index contributed by atoms with van der Waals surface area (Å²) in [7, 11) is 0. The molecule has 1 aliphatic carbocycles. The summed E-state index contributed by atoms with van der Waals surface area (Å²) in [5, 5.41) is 0. The van der Waals surface area contributed by atoms with Gasteiger partial charge in [0.2, 0.25) is 0 Å². The summed E-state index contributed by atoms with van der Waals surface area (Å²) in [5.41, 5.74) is 7.46. The second-order valence-electron chi connectivity index (χ2n) is 4.72. The van der Waals surface area contributed by atoms with Crippen LogP contribution in [0.1, 0.15) is 27.8 Å². The van der Waals surface area contributed by atoms with E-state index in [1.807, 2.05) is 0 Å². The topological polar surface area (TPSA) is 0 Å². The van der Waals surface area contributed by atoms with Crippen LogP contribution < -0.4 is 0 Å². The molecule has 0 amide bonds. The van der Waals surface area contributed by atoms with Crippen molar-refractivity contribution in [1.29, 1.82) is 0 Å². The molecule has 0 bridgehead atoms. The Balaban J connectivity index is 2.08. The minimum atomic E-state index is 1.10. The highest BCUT2D eigenvalue weighted by atomic mass is 14.2. The summed E-state index contributed by atoms with van der Waals surface area (Å²) in [6.07, 6.45) is 3.48. The van der Waals surface area contributed by atoms with Crippen LogP contribution in [-0.4, -0.2) is 0 Å². The van der Waals surface area contributed by atoms with Gasteiger partial charge in [-0.2, -0.15) is 0 Å². The third-order valence-corrected chi connectivity index (χ3v) is 3.52. The van der Waals surface area contributed by atoms with E-state index in [9.17, 15) is 0 Å². The second-order valence-corrected chi connectivity index (χ2v) is 4.72. The van der Waals surface area contributed by atoms with E-state index in [4.69, 9.17) is 0 Å². The summed E-state index contributed by atoms with van der Waals surface area (Å²) in [6.45, 7) is 2.18. The summed E-state index contributed by atoms with van der Waals surface area (Å²) in [5.74, 6) is 0. The highest BCUT2D eigenvalue weighted by Gasteiger charge is 2.12. The Hall–Kier alpha value is -1.56. The van der Waals surface area contributed by atoms with E-state index < -0.39 is 0 Å². The van der Waals surface area contributed by atoms with Crippen molar-refractivity contribution in [2.75, 3.05) is 0 Å². The molecule has 16 heavy (non-hydrogen) atoms. The first-order chi connectivity index (χ1) is 7.83. The first-order valence-corrected chi connectivity index (χ1v) is 5.98. The Morgan fingerprint density at radius 1 is 0.750 bits per heavy atom. The normalized spacial score (nSPS) is 13.8. The molecule has 0 N–H and O–H groups in total. The molecule has 80 valence electrons. The van der Waals surface area contributed by atoms with E-state index in [-0.39, 0.29) is 0 Å². The molecule has 0 heterocycles. The molecule has 0 aromatic heterocycles. The zero-order valence-electron chi connectivity index (χ0n) is 9.66. The predicted octanol–water partition coefficient (Wildman–Crippen LogP) is 3.68. The highest BCUT2D eigenvalue weighted by Crippen LogP contribution is 2.24. The highest BCUT2D eigenvalue weighted by molar-refractivity contribution is 5.41. The molecule has 0 nitrogen and oxygen atoms in total. The maximum absolute atomic E-state index is 2.35. The molecular weight excluding hydrogens is 192 g/mol. The molecular formula is C16H16. The van der Waals surface area contributed by atoms with Crippen LogP contribution in [0.15, 0.2) is 42.5 Å². The second kappa shape index (κ2) is 3.79. The van der Waals surface area contributed by atoms with E-state index in [2.05, 4.69) is 49.4 Å². The molecule has 0 spiro atoms. The summed E-state index contributed by atoms with van der Waals surface area (Å²) in [6, 6.07) is 15.7. The molecule has 2 aromatic rings. The van der Waals surface area contributed by atoms with E-state index in [0.29, 0.717) is 0 Å². The molecule has 0 saturated carbocycles. The molecule has 2 aromatic carbocycles. The lowest BCUT2D eigenvalue weighted by Crippen LogP contribution is -1.92. The number of rotatable bonds is 0. The van der Waals surface area contributed by atoms with Crippen molar-refractivity contribution < 1.29 is 0 Å². The van der Waals surface area contributed by atoms with E-state index in [1.165, 1.54) is 40.7 Å². The zero-order valence-corrected chi connectivity index (χ0v) is 9.66. The first kappa shape index (κ1) is 9.65. The van der Waals surface area contributed by atoms with Gasteiger partial charge >= 0.3 is 0 Å². The maximum Gasteiger partial charge on any atom is -0.00203 e. The van der Waals surface area contributed by atoms with Gasteiger partial charge in [0.1, 0.15) is 0 Å². The van der Waals surface area contributed by atoms with Gasteiger partial charge in [0.25, 0.3) is 0 Å². The average molecular weight is 208 g/mol. The Bertz CT molecular complexity index is 523. The van der Waals surface area contributed by atoms with Crippen molar-refractivity contribution in [1.82, 2.24) is 0 Å². The van der Waals surface area contributed by atoms with Gasteiger partial charge < -0.3 is 0 Å². The molecule has 0 saturated heterocycles. The van der Waals surface area contributed by atoms with Gasteiger partial charge in [-0.05, 0) is 48.4 Å². The van der Waals surface area contributed by atoms with Gasteiger partial charge in [0, 0.05) is 0 Å². The van der Waals surface area contributed by atoms with Crippen LogP contribution in [0.5, 0.6) is 0 Å². The molecule has 0 heteroatoms. The van der Waals surface area contributed by atoms with Crippen LogP contribution >= 0.6 is 0 Å². The molecule has 0 atom stereocenters. The number of hydrogen-bond acceptors (Lipinski definition) is 0. The van der Waals surface area contributed by atoms with Crippen molar-refractivity contribution >= 4 is 0 Å². The summed E-state index contributed by atoms with van der Waals surface area (Å²) >= 11 is 0. The van der Waals surface area contributed by atoms with Crippen LogP contribution in [0.25, 0.3) is 0 Å². The van der Waals surface area contributed by atoms with Crippen LogP contribution in [0, 0.1) is 6.92 Å². The predicted molar refractivity (Wildman–Crippen MR) is 67.8 cm³/mol. The summed E-state index contributed by atoms with van der Waals surface area (Å²) in [4.78, 5) is 0. The zero-order chi connectivity index (χ0) is 11.0. The van der Waals surface area contributed by atoms with Gasteiger partial charge in [-0.15, -0.1) is 0 Å². The minimum absolute atomic E-state index is 1.10. The molecule has 3 rings (SSSR count). The van der Waals surface area contributed by atoms with Gasteiger partial charge in [-0.1, -0.05) is 48.0 Å². The fourth-order valence-electron chi connectivity index (χ4n) is 2.61. The maximum atomic E-state index is 2.35. The van der Waals surface area contributed by atoms with Crippen LogP contribution in [-0.2, 0) is 19.3 Å². The van der Waals surface area contributed by atoms with Crippen LogP contribution in [0.2, 0.25) is 0 Å². The fraction of sp³-hybridized carbons (Fsp3) is 0.250. The average Bonchev–Trinajstić information content (AvgIpc) is 2.48. The SMILES string of the molecule is Cc1ccc2c(c1)CCc1ccccc1C2. The third kappa shape index (κ3) is 1.65. The molecule has 0 aliphatic heterocycles. The minimum Gasteiger partial charge on any atom is -0.0620 e. The lowest BCUT2D eigenvalue weighted by Gasteiger charge is -2.06. The Labute approximate surface area is 96.9 Å². The van der Waals surface area contributed by atoms with Crippen molar-refractivity contribution in [3.05, 3.63) is 70.3 Å². The third-order valence-electron chi connectivity index (χ3n) is 3.52. The number of benzene rings is 2. The molecule has 0 unspecified atom stereocenters.